The lowest BCUT2D eigenvalue weighted by molar-refractivity contribution is 0.0978. The Kier molecular flexibility index (Phi) is 6.87. The van der Waals surface area contributed by atoms with Crippen molar-refractivity contribution in [3.05, 3.63) is 31.0 Å². The summed E-state index contributed by atoms with van der Waals surface area (Å²) in [5, 5.41) is 3.24. The second kappa shape index (κ2) is 8.53. The number of aromatic nitrogens is 1. The Morgan fingerprint density at radius 1 is 1.56 bits per heavy atom. The van der Waals surface area contributed by atoms with Gasteiger partial charge in [-0.2, -0.15) is 0 Å². The second-order valence-electron chi connectivity index (χ2n) is 4.01. The molecule has 4 nitrogen and oxygen atoms in total. The number of pyridine rings is 1. The molecule has 0 spiro atoms. The molecule has 0 aliphatic carbocycles. The minimum Gasteiger partial charge on any atom is -0.490 e. The third kappa shape index (κ3) is 5.19. The van der Waals surface area contributed by atoms with E-state index in [0.29, 0.717) is 19.8 Å². The molecule has 0 amide bonds. The predicted octanol–water partition coefficient (Wildman–Crippen LogP) is 2.87. The van der Waals surface area contributed by atoms with Gasteiger partial charge in [-0.25, -0.2) is 4.98 Å². The Labute approximate surface area is 109 Å². The molecule has 4 heteroatoms. The summed E-state index contributed by atoms with van der Waals surface area (Å²) < 4.78 is 11.1. The fourth-order valence-corrected chi connectivity index (χ4v) is 1.38. The van der Waals surface area contributed by atoms with Gasteiger partial charge in [0, 0.05) is 12.7 Å². The Morgan fingerprint density at radius 2 is 2.39 bits per heavy atom. The van der Waals surface area contributed by atoms with Gasteiger partial charge in [-0.05, 0) is 25.5 Å². The van der Waals surface area contributed by atoms with Crippen LogP contribution in [-0.2, 0) is 4.74 Å². The zero-order valence-corrected chi connectivity index (χ0v) is 11.2. The van der Waals surface area contributed by atoms with Gasteiger partial charge in [0.2, 0.25) is 0 Å². The lowest BCUT2D eigenvalue weighted by Gasteiger charge is -2.15. The highest BCUT2D eigenvalue weighted by Gasteiger charge is 2.06. The van der Waals surface area contributed by atoms with E-state index in [9.17, 15) is 0 Å². The second-order valence-corrected chi connectivity index (χ2v) is 4.01. The van der Waals surface area contributed by atoms with E-state index >= 15 is 0 Å². The van der Waals surface area contributed by atoms with Gasteiger partial charge in [-0.15, -0.1) is 6.58 Å². The molecule has 0 aliphatic heterocycles. The molecule has 1 atom stereocenters. The molecule has 1 aromatic heterocycles. The Bertz CT molecular complexity index is 355. The molecule has 0 saturated heterocycles. The first kappa shape index (κ1) is 14.5. The molecular formula is C14H22N2O2. The summed E-state index contributed by atoms with van der Waals surface area (Å²) in [6.45, 7) is 9.65. The number of rotatable bonds is 9. The van der Waals surface area contributed by atoms with Crippen molar-refractivity contribution in [2.24, 2.45) is 0 Å². The molecule has 0 aromatic carbocycles. The van der Waals surface area contributed by atoms with E-state index in [1.54, 1.807) is 12.3 Å². The van der Waals surface area contributed by atoms with Crippen LogP contribution in [0.2, 0.25) is 0 Å². The molecule has 1 heterocycles. The van der Waals surface area contributed by atoms with Gasteiger partial charge < -0.3 is 14.8 Å². The van der Waals surface area contributed by atoms with E-state index in [0.717, 1.165) is 18.0 Å². The number of hydrogen-bond acceptors (Lipinski definition) is 4. The van der Waals surface area contributed by atoms with Crippen LogP contribution in [0, 0.1) is 0 Å². The van der Waals surface area contributed by atoms with Crippen LogP contribution in [0.15, 0.2) is 31.0 Å². The van der Waals surface area contributed by atoms with Crippen LogP contribution < -0.4 is 10.1 Å². The highest BCUT2D eigenvalue weighted by molar-refractivity contribution is 5.49. The minimum absolute atomic E-state index is 0.101. The molecular weight excluding hydrogens is 228 g/mol. The Morgan fingerprint density at radius 3 is 3.11 bits per heavy atom. The highest BCUT2D eigenvalue weighted by atomic mass is 16.5. The zero-order chi connectivity index (χ0) is 13.2. The maximum absolute atomic E-state index is 5.62. The molecule has 18 heavy (non-hydrogen) atoms. The van der Waals surface area contributed by atoms with Crippen LogP contribution in [0.1, 0.15) is 20.3 Å². The van der Waals surface area contributed by atoms with Crippen LogP contribution in [0.5, 0.6) is 5.75 Å². The molecule has 0 aliphatic rings. The summed E-state index contributed by atoms with van der Waals surface area (Å²) in [5.74, 6) is 1.55. The maximum atomic E-state index is 5.62. The molecule has 1 rings (SSSR count). The largest absolute Gasteiger partial charge is 0.490 e. The molecule has 100 valence electrons. The van der Waals surface area contributed by atoms with Gasteiger partial charge in [0.25, 0.3) is 0 Å². The summed E-state index contributed by atoms with van der Waals surface area (Å²) in [5.41, 5.74) is 0. The lowest BCUT2D eigenvalue weighted by atomic mass is 10.3. The van der Waals surface area contributed by atoms with Crippen molar-refractivity contribution in [2.75, 3.05) is 25.1 Å². The van der Waals surface area contributed by atoms with Crippen molar-refractivity contribution in [3.8, 4) is 5.75 Å². The quantitative estimate of drug-likeness (QED) is 0.684. The first-order valence-electron chi connectivity index (χ1n) is 6.32. The molecule has 1 unspecified atom stereocenters. The molecule has 0 fully saturated rings. The van der Waals surface area contributed by atoms with E-state index in [1.807, 2.05) is 19.1 Å². The summed E-state index contributed by atoms with van der Waals surface area (Å²) in [7, 11) is 0. The minimum atomic E-state index is 0.101. The van der Waals surface area contributed by atoms with Crippen molar-refractivity contribution < 1.29 is 9.47 Å². The van der Waals surface area contributed by atoms with Crippen molar-refractivity contribution >= 4 is 5.82 Å². The van der Waals surface area contributed by atoms with E-state index in [1.165, 1.54) is 0 Å². The molecule has 0 bridgehead atoms. The van der Waals surface area contributed by atoms with E-state index in [4.69, 9.17) is 9.47 Å². The summed E-state index contributed by atoms with van der Waals surface area (Å²) in [6.07, 6.45) is 4.57. The van der Waals surface area contributed by atoms with Crippen molar-refractivity contribution in [2.45, 2.75) is 26.4 Å². The van der Waals surface area contributed by atoms with E-state index in [2.05, 4.69) is 23.8 Å². The monoisotopic (exact) mass is 250 g/mol. The zero-order valence-electron chi connectivity index (χ0n) is 11.2. The summed E-state index contributed by atoms with van der Waals surface area (Å²) in [4.78, 5) is 4.27. The first-order valence-corrected chi connectivity index (χ1v) is 6.32. The normalized spacial score (nSPS) is 11.9. The number of nitrogens with zero attached hydrogens (tertiary/aromatic N) is 1. The maximum Gasteiger partial charge on any atom is 0.168 e. The predicted molar refractivity (Wildman–Crippen MR) is 74.1 cm³/mol. The van der Waals surface area contributed by atoms with Gasteiger partial charge in [-0.3, -0.25) is 0 Å². The van der Waals surface area contributed by atoms with Gasteiger partial charge in [0.1, 0.15) is 0 Å². The van der Waals surface area contributed by atoms with Gasteiger partial charge in [-0.1, -0.05) is 13.0 Å². The van der Waals surface area contributed by atoms with Crippen LogP contribution in [0.3, 0.4) is 0 Å². The van der Waals surface area contributed by atoms with Crippen LogP contribution in [0.25, 0.3) is 0 Å². The van der Waals surface area contributed by atoms with Crippen molar-refractivity contribution in [3.63, 3.8) is 0 Å². The Balaban J connectivity index is 2.47. The summed E-state index contributed by atoms with van der Waals surface area (Å²) in [6, 6.07) is 3.79. The fourth-order valence-electron chi connectivity index (χ4n) is 1.38. The molecule has 0 radical (unpaired) electrons. The standard InChI is InChI=1S/C14H22N2O2/c1-4-9-17-12(3)11-16-14-13(18-10-5-2)7-6-8-15-14/h4,6-8,12H,1,5,9-11H2,2-3H3,(H,15,16). The smallest absolute Gasteiger partial charge is 0.168 e. The van der Waals surface area contributed by atoms with Crippen LogP contribution in [-0.4, -0.2) is 30.8 Å². The molecule has 1 aromatic rings. The molecule has 0 saturated carbocycles. The highest BCUT2D eigenvalue weighted by Crippen LogP contribution is 2.20. The van der Waals surface area contributed by atoms with E-state index < -0.39 is 0 Å². The van der Waals surface area contributed by atoms with Gasteiger partial charge in [0.05, 0.1) is 19.3 Å². The van der Waals surface area contributed by atoms with Crippen molar-refractivity contribution in [1.82, 2.24) is 4.98 Å². The average molecular weight is 250 g/mol. The lowest BCUT2D eigenvalue weighted by Crippen LogP contribution is -2.20. The number of hydrogen-bond donors (Lipinski definition) is 1. The van der Waals surface area contributed by atoms with Crippen LogP contribution >= 0.6 is 0 Å². The SMILES string of the molecule is C=CCOC(C)CNc1ncccc1OCCC. The number of ether oxygens (including phenoxy) is 2. The topological polar surface area (TPSA) is 43.4 Å². The fraction of sp³-hybridized carbons (Fsp3) is 0.500. The number of nitrogens with one attached hydrogen (secondary N) is 1. The third-order valence-corrected chi connectivity index (χ3v) is 2.29. The average Bonchev–Trinajstić information content (AvgIpc) is 2.41. The van der Waals surface area contributed by atoms with Gasteiger partial charge >= 0.3 is 0 Å². The van der Waals surface area contributed by atoms with Gasteiger partial charge in [0.15, 0.2) is 11.6 Å². The Hall–Kier alpha value is -1.55. The first-order chi connectivity index (χ1) is 8.77. The van der Waals surface area contributed by atoms with E-state index in [-0.39, 0.29) is 6.10 Å². The summed E-state index contributed by atoms with van der Waals surface area (Å²) >= 11 is 0. The van der Waals surface area contributed by atoms with Crippen LogP contribution in [0.4, 0.5) is 5.82 Å². The third-order valence-electron chi connectivity index (χ3n) is 2.29. The number of anilines is 1. The molecule has 1 N–H and O–H groups in total. The van der Waals surface area contributed by atoms with Crippen molar-refractivity contribution in [1.29, 1.82) is 0 Å².